The van der Waals surface area contributed by atoms with Gasteiger partial charge in [0, 0.05) is 35.3 Å². The SMILES string of the molecule is CCCCc1ccc(CCNC(=O)C(C)Cc2ccc(Cl)c(C)c2)nc1CC. The molecule has 0 fully saturated rings. The highest BCUT2D eigenvalue weighted by Gasteiger charge is 2.14. The van der Waals surface area contributed by atoms with E-state index >= 15 is 0 Å². The highest BCUT2D eigenvalue weighted by atomic mass is 35.5. The molecule has 152 valence electrons. The van der Waals surface area contributed by atoms with E-state index in [1.54, 1.807) is 0 Å². The summed E-state index contributed by atoms with van der Waals surface area (Å²) in [5.41, 5.74) is 5.81. The second kappa shape index (κ2) is 11.2. The number of benzene rings is 1. The van der Waals surface area contributed by atoms with Crippen LogP contribution in [0.15, 0.2) is 30.3 Å². The van der Waals surface area contributed by atoms with Crippen molar-refractivity contribution in [2.75, 3.05) is 6.54 Å². The van der Waals surface area contributed by atoms with Crippen molar-refractivity contribution in [1.29, 1.82) is 0 Å². The first-order valence-electron chi connectivity index (χ1n) is 10.4. The Kier molecular flexibility index (Phi) is 8.98. The molecule has 1 N–H and O–H groups in total. The van der Waals surface area contributed by atoms with Gasteiger partial charge in [0.25, 0.3) is 0 Å². The molecule has 1 aromatic carbocycles. The normalized spacial score (nSPS) is 12.0. The molecule has 0 saturated heterocycles. The largest absolute Gasteiger partial charge is 0.355 e. The fourth-order valence-electron chi connectivity index (χ4n) is 3.38. The molecule has 1 aromatic heterocycles. The van der Waals surface area contributed by atoms with E-state index in [2.05, 4.69) is 37.4 Å². The van der Waals surface area contributed by atoms with E-state index in [4.69, 9.17) is 16.6 Å². The van der Waals surface area contributed by atoms with Crippen LogP contribution in [0.3, 0.4) is 0 Å². The number of hydrogen-bond donors (Lipinski definition) is 1. The standard InChI is InChI=1S/C24H33ClN2O/c1-5-7-8-20-10-11-21(27-23(20)6-2)13-14-26-24(28)18(4)16-19-9-12-22(25)17(3)15-19/h9-12,15,18H,5-8,13-14,16H2,1-4H3,(H,26,28). The molecule has 0 aliphatic rings. The Morgan fingerprint density at radius 3 is 2.64 bits per heavy atom. The van der Waals surface area contributed by atoms with Crippen LogP contribution in [0.25, 0.3) is 0 Å². The highest BCUT2D eigenvalue weighted by Crippen LogP contribution is 2.18. The van der Waals surface area contributed by atoms with Gasteiger partial charge in [-0.3, -0.25) is 9.78 Å². The molecular formula is C24H33ClN2O. The zero-order valence-electron chi connectivity index (χ0n) is 17.6. The summed E-state index contributed by atoms with van der Waals surface area (Å²) < 4.78 is 0. The molecule has 28 heavy (non-hydrogen) atoms. The quantitative estimate of drug-likeness (QED) is 0.573. The van der Waals surface area contributed by atoms with Gasteiger partial charge in [-0.05, 0) is 61.4 Å². The number of halogens is 1. The second-order valence-electron chi connectivity index (χ2n) is 7.60. The lowest BCUT2D eigenvalue weighted by atomic mass is 9.99. The summed E-state index contributed by atoms with van der Waals surface area (Å²) >= 11 is 6.08. The number of aromatic nitrogens is 1. The third kappa shape index (κ3) is 6.63. The summed E-state index contributed by atoms with van der Waals surface area (Å²) in [6.07, 6.45) is 5.94. The topological polar surface area (TPSA) is 42.0 Å². The maximum absolute atomic E-state index is 12.4. The number of nitrogens with one attached hydrogen (secondary N) is 1. The number of hydrogen-bond acceptors (Lipinski definition) is 2. The molecule has 1 unspecified atom stereocenters. The molecule has 4 heteroatoms. The van der Waals surface area contributed by atoms with Gasteiger partial charge in [0.05, 0.1) is 0 Å². The van der Waals surface area contributed by atoms with E-state index in [0.29, 0.717) is 13.0 Å². The van der Waals surface area contributed by atoms with Crippen LogP contribution in [-0.4, -0.2) is 17.4 Å². The van der Waals surface area contributed by atoms with E-state index < -0.39 is 0 Å². The van der Waals surface area contributed by atoms with Gasteiger partial charge in [-0.25, -0.2) is 0 Å². The van der Waals surface area contributed by atoms with Crippen molar-refractivity contribution in [3.63, 3.8) is 0 Å². The molecule has 3 nitrogen and oxygen atoms in total. The zero-order chi connectivity index (χ0) is 20.5. The number of rotatable bonds is 10. The van der Waals surface area contributed by atoms with Gasteiger partial charge in [0.15, 0.2) is 0 Å². The maximum atomic E-state index is 12.4. The number of carbonyl (C=O) groups is 1. The Morgan fingerprint density at radius 1 is 1.18 bits per heavy atom. The number of unbranched alkanes of at least 4 members (excludes halogenated alkanes) is 1. The molecule has 0 spiro atoms. The number of aryl methyl sites for hydroxylation is 3. The summed E-state index contributed by atoms with van der Waals surface area (Å²) in [6.45, 7) is 8.94. The highest BCUT2D eigenvalue weighted by molar-refractivity contribution is 6.31. The van der Waals surface area contributed by atoms with Gasteiger partial charge in [0.1, 0.15) is 0 Å². The summed E-state index contributed by atoms with van der Waals surface area (Å²) in [5.74, 6) is 0.0130. The van der Waals surface area contributed by atoms with Crippen LogP contribution in [0.1, 0.15) is 61.7 Å². The van der Waals surface area contributed by atoms with Crippen LogP contribution in [0.5, 0.6) is 0 Å². The Bertz CT molecular complexity index is 788. The van der Waals surface area contributed by atoms with Gasteiger partial charge < -0.3 is 5.32 Å². The number of amides is 1. The van der Waals surface area contributed by atoms with Crippen LogP contribution in [-0.2, 0) is 30.5 Å². The van der Waals surface area contributed by atoms with Gasteiger partial charge >= 0.3 is 0 Å². The van der Waals surface area contributed by atoms with Crippen molar-refractivity contribution in [2.24, 2.45) is 5.92 Å². The van der Waals surface area contributed by atoms with E-state index in [1.807, 2.05) is 26.0 Å². The molecule has 0 aliphatic heterocycles. The average molecular weight is 401 g/mol. The predicted octanol–water partition coefficient (Wildman–Crippen LogP) is 5.49. The third-order valence-corrected chi connectivity index (χ3v) is 5.58. The van der Waals surface area contributed by atoms with Crippen LogP contribution in [0.2, 0.25) is 5.02 Å². The van der Waals surface area contributed by atoms with Crippen molar-refractivity contribution in [1.82, 2.24) is 10.3 Å². The van der Waals surface area contributed by atoms with Crippen molar-refractivity contribution in [2.45, 2.75) is 66.2 Å². The fourth-order valence-corrected chi connectivity index (χ4v) is 3.50. The molecule has 0 saturated carbocycles. The summed E-state index contributed by atoms with van der Waals surface area (Å²) in [4.78, 5) is 17.2. The number of nitrogens with zero attached hydrogens (tertiary/aromatic N) is 1. The maximum Gasteiger partial charge on any atom is 0.223 e. The molecule has 1 heterocycles. The third-order valence-electron chi connectivity index (χ3n) is 5.15. The molecule has 1 atom stereocenters. The first-order valence-corrected chi connectivity index (χ1v) is 10.8. The van der Waals surface area contributed by atoms with Gasteiger partial charge in [-0.15, -0.1) is 0 Å². The lowest BCUT2D eigenvalue weighted by molar-refractivity contribution is -0.124. The fraction of sp³-hybridized carbons (Fsp3) is 0.500. The molecule has 0 aliphatic carbocycles. The number of pyridine rings is 1. The van der Waals surface area contributed by atoms with Crippen molar-refractivity contribution in [3.05, 3.63) is 63.4 Å². The molecular weight excluding hydrogens is 368 g/mol. The minimum atomic E-state index is -0.0730. The second-order valence-corrected chi connectivity index (χ2v) is 8.00. The van der Waals surface area contributed by atoms with Gasteiger partial charge in [-0.2, -0.15) is 0 Å². The van der Waals surface area contributed by atoms with E-state index in [-0.39, 0.29) is 11.8 Å². The van der Waals surface area contributed by atoms with Crippen molar-refractivity contribution < 1.29 is 4.79 Å². The first kappa shape index (κ1) is 22.4. The van der Waals surface area contributed by atoms with Gasteiger partial charge in [0.2, 0.25) is 5.91 Å². The first-order chi connectivity index (χ1) is 13.4. The summed E-state index contributed by atoms with van der Waals surface area (Å²) in [5, 5.41) is 3.82. The molecule has 2 rings (SSSR count). The van der Waals surface area contributed by atoms with E-state index in [1.165, 1.54) is 24.1 Å². The Hall–Kier alpha value is -1.87. The lowest BCUT2D eigenvalue weighted by Crippen LogP contribution is -2.32. The number of carbonyl (C=O) groups excluding carboxylic acids is 1. The van der Waals surface area contributed by atoms with Crippen LogP contribution < -0.4 is 5.32 Å². The molecule has 2 aromatic rings. The van der Waals surface area contributed by atoms with E-state index in [9.17, 15) is 4.79 Å². The monoisotopic (exact) mass is 400 g/mol. The molecule has 0 bridgehead atoms. The molecule has 0 radical (unpaired) electrons. The Morgan fingerprint density at radius 2 is 1.96 bits per heavy atom. The lowest BCUT2D eigenvalue weighted by Gasteiger charge is -2.14. The van der Waals surface area contributed by atoms with Crippen LogP contribution in [0, 0.1) is 12.8 Å². The average Bonchev–Trinajstić information content (AvgIpc) is 2.69. The Labute approximate surface area is 174 Å². The van der Waals surface area contributed by atoms with E-state index in [0.717, 1.165) is 41.1 Å². The minimum Gasteiger partial charge on any atom is -0.355 e. The smallest absolute Gasteiger partial charge is 0.223 e. The van der Waals surface area contributed by atoms with Crippen LogP contribution >= 0.6 is 11.6 Å². The van der Waals surface area contributed by atoms with Crippen LogP contribution in [0.4, 0.5) is 0 Å². The minimum absolute atomic E-state index is 0.0730. The van der Waals surface area contributed by atoms with Gasteiger partial charge in [-0.1, -0.05) is 57.0 Å². The molecule has 1 amide bonds. The zero-order valence-corrected chi connectivity index (χ0v) is 18.4. The van der Waals surface area contributed by atoms with Crippen molar-refractivity contribution in [3.8, 4) is 0 Å². The Balaban J connectivity index is 1.84. The van der Waals surface area contributed by atoms with Crippen molar-refractivity contribution >= 4 is 17.5 Å². The summed E-state index contributed by atoms with van der Waals surface area (Å²) in [7, 11) is 0. The predicted molar refractivity (Wildman–Crippen MR) is 118 cm³/mol. The summed E-state index contributed by atoms with van der Waals surface area (Å²) in [6, 6.07) is 10.3.